The van der Waals surface area contributed by atoms with Gasteiger partial charge in [-0.25, -0.2) is 4.79 Å². The molecule has 2 rings (SSSR count). The quantitative estimate of drug-likeness (QED) is 0.792. The molecule has 0 aromatic heterocycles. The molecule has 1 heterocycles. The summed E-state index contributed by atoms with van der Waals surface area (Å²) in [5, 5.41) is 2.89. The van der Waals surface area contributed by atoms with Crippen molar-refractivity contribution < 1.29 is 14.4 Å². The van der Waals surface area contributed by atoms with E-state index in [0.717, 1.165) is 17.7 Å². The van der Waals surface area contributed by atoms with E-state index in [2.05, 4.69) is 26.1 Å². The zero-order chi connectivity index (χ0) is 19.0. The highest BCUT2D eigenvalue weighted by Crippen LogP contribution is 2.43. The molecule has 25 heavy (non-hydrogen) atoms. The first-order valence-electron chi connectivity index (χ1n) is 9.34. The summed E-state index contributed by atoms with van der Waals surface area (Å²) in [6.07, 6.45) is 3.16. The first-order valence-corrected chi connectivity index (χ1v) is 9.34. The molecule has 0 aromatic carbocycles. The second-order valence-electron chi connectivity index (χ2n) is 9.21. The fourth-order valence-electron chi connectivity index (χ4n) is 4.04. The van der Waals surface area contributed by atoms with Gasteiger partial charge < -0.3 is 10.2 Å². The van der Waals surface area contributed by atoms with Crippen LogP contribution in [0.5, 0.6) is 0 Å². The number of carbonyl (C=O) groups is 3. The third kappa shape index (κ3) is 4.15. The number of hydrogen-bond donors (Lipinski definition) is 1. The maximum atomic E-state index is 12.9. The van der Waals surface area contributed by atoms with E-state index in [4.69, 9.17) is 0 Å². The molecule has 1 saturated carbocycles. The largest absolute Gasteiger partial charge is 0.344 e. The van der Waals surface area contributed by atoms with Crippen molar-refractivity contribution >= 4 is 17.8 Å². The Balaban J connectivity index is 2.02. The number of likely N-dealkylation sites (N-methyl/N-ethyl adjacent to an activating group) is 1. The van der Waals surface area contributed by atoms with Crippen molar-refractivity contribution in [3.63, 3.8) is 0 Å². The van der Waals surface area contributed by atoms with Gasteiger partial charge in [0.1, 0.15) is 12.1 Å². The van der Waals surface area contributed by atoms with Crippen LogP contribution in [0.2, 0.25) is 0 Å². The summed E-state index contributed by atoms with van der Waals surface area (Å²) >= 11 is 0. The summed E-state index contributed by atoms with van der Waals surface area (Å²) in [7, 11) is 1.71. The van der Waals surface area contributed by atoms with Crippen LogP contribution in [0.15, 0.2) is 0 Å². The van der Waals surface area contributed by atoms with E-state index in [1.165, 1.54) is 0 Å². The molecule has 1 saturated heterocycles. The summed E-state index contributed by atoms with van der Waals surface area (Å²) in [6, 6.07) is -0.425. The normalized spacial score (nSPS) is 27.2. The number of amides is 4. The van der Waals surface area contributed by atoms with Crippen LogP contribution >= 0.6 is 0 Å². The van der Waals surface area contributed by atoms with Crippen LogP contribution in [0.4, 0.5) is 4.79 Å². The zero-order valence-corrected chi connectivity index (χ0v) is 16.5. The molecule has 1 aliphatic heterocycles. The molecular formula is C19H33N3O3. The van der Waals surface area contributed by atoms with Crippen molar-refractivity contribution in [1.82, 2.24) is 15.1 Å². The number of nitrogens with one attached hydrogen (secondary N) is 1. The van der Waals surface area contributed by atoms with E-state index in [9.17, 15) is 14.4 Å². The number of nitrogens with zero attached hydrogens (tertiary/aromatic N) is 2. The molecule has 0 radical (unpaired) electrons. The van der Waals surface area contributed by atoms with Gasteiger partial charge in [0.25, 0.3) is 5.91 Å². The van der Waals surface area contributed by atoms with E-state index in [-0.39, 0.29) is 23.8 Å². The highest BCUT2D eigenvalue weighted by atomic mass is 16.2. The molecule has 6 nitrogen and oxygen atoms in total. The molecule has 142 valence electrons. The van der Waals surface area contributed by atoms with E-state index in [1.54, 1.807) is 11.9 Å². The first kappa shape index (κ1) is 19.7. The van der Waals surface area contributed by atoms with Crippen molar-refractivity contribution in [1.29, 1.82) is 0 Å². The lowest BCUT2D eigenvalue weighted by Gasteiger charge is -2.40. The molecule has 2 fully saturated rings. The Hall–Kier alpha value is -1.59. The van der Waals surface area contributed by atoms with Gasteiger partial charge in [0.2, 0.25) is 5.91 Å². The molecule has 0 atom stereocenters. The Morgan fingerprint density at radius 3 is 2.32 bits per heavy atom. The number of hydrogen-bond acceptors (Lipinski definition) is 3. The number of rotatable bonds is 4. The standard InChI is InChI=1S/C19H33N3O3/c1-13(2)11-21(6)15(23)12-22-16(24)19(20-17(22)25)9-7-14(8-10-19)18(3,4)5/h13-14H,7-12H2,1-6H3,(H,20,25). The van der Waals surface area contributed by atoms with E-state index in [1.807, 2.05) is 13.8 Å². The third-order valence-corrected chi connectivity index (χ3v) is 5.67. The van der Waals surface area contributed by atoms with Gasteiger partial charge in [-0.15, -0.1) is 0 Å². The Labute approximate surface area is 151 Å². The predicted molar refractivity (Wildman–Crippen MR) is 96.9 cm³/mol. The van der Waals surface area contributed by atoms with Gasteiger partial charge in [0.05, 0.1) is 0 Å². The van der Waals surface area contributed by atoms with E-state index in [0.29, 0.717) is 31.2 Å². The van der Waals surface area contributed by atoms with Gasteiger partial charge in [-0.2, -0.15) is 0 Å². The molecule has 0 aromatic rings. The molecule has 1 N–H and O–H groups in total. The van der Waals surface area contributed by atoms with Crippen molar-refractivity contribution in [2.45, 2.75) is 65.8 Å². The minimum atomic E-state index is -0.796. The second kappa shape index (κ2) is 6.96. The van der Waals surface area contributed by atoms with Gasteiger partial charge >= 0.3 is 6.03 Å². The maximum absolute atomic E-state index is 12.9. The lowest BCUT2D eigenvalue weighted by molar-refractivity contribution is -0.139. The molecule has 6 heteroatoms. The van der Waals surface area contributed by atoms with Crippen LogP contribution in [0.3, 0.4) is 0 Å². The third-order valence-electron chi connectivity index (χ3n) is 5.67. The molecule has 1 aliphatic carbocycles. The molecule has 2 aliphatic rings. The minimum absolute atomic E-state index is 0.168. The topological polar surface area (TPSA) is 69.7 Å². The van der Waals surface area contributed by atoms with Crippen molar-refractivity contribution in [3.05, 3.63) is 0 Å². The average Bonchev–Trinajstić information content (AvgIpc) is 2.70. The summed E-state index contributed by atoms with van der Waals surface area (Å²) in [5.74, 6) is 0.473. The fourth-order valence-corrected chi connectivity index (χ4v) is 4.04. The Morgan fingerprint density at radius 1 is 1.28 bits per heavy atom. The monoisotopic (exact) mass is 351 g/mol. The molecule has 4 amide bonds. The summed E-state index contributed by atoms with van der Waals surface area (Å²) in [5.41, 5.74) is -0.585. The fraction of sp³-hybridized carbons (Fsp3) is 0.842. The number of urea groups is 1. The van der Waals surface area contributed by atoms with Gasteiger partial charge in [0.15, 0.2) is 0 Å². The number of carbonyl (C=O) groups excluding carboxylic acids is 3. The molecule has 0 unspecified atom stereocenters. The van der Waals surface area contributed by atoms with E-state index >= 15 is 0 Å². The molecular weight excluding hydrogens is 318 g/mol. The Kier molecular flexibility index (Phi) is 5.50. The second-order valence-corrected chi connectivity index (χ2v) is 9.21. The lowest BCUT2D eigenvalue weighted by Crippen LogP contribution is -2.51. The average molecular weight is 351 g/mol. The predicted octanol–water partition coefficient (Wildman–Crippen LogP) is 2.63. The van der Waals surface area contributed by atoms with Crippen molar-refractivity contribution in [3.8, 4) is 0 Å². The van der Waals surface area contributed by atoms with Gasteiger partial charge in [0, 0.05) is 13.6 Å². The van der Waals surface area contributed by atoms with Crippen LogP contribution in [0.1, 0.15) is 60.3 Å². The number of imide groups is 1. The highest BCUT2D eigenvalue weighted by molar-refractivity contribution is 6.09. The molecule has 0 bridgehead atoms. The van der Waals surface area contributed by atoms with Crippen molar-refractivity contribution in [2.75, 3.05) is 20.1 Å². The van der Waals surface area contributed by atoms with Crippen LogP contribution < -0.4 is 5.32 Å². The van der Waals surface area contributed by atoms with Crippen LogP contribution in [-0.2, 0) is 9.59 Å². The van der Waals surface area contributed by atoms with Crippen LogP contribution in [0.25, 0.3) is 0 Å². The Bertz CT molecular complexity index is 543. The van der Waals surface area contributed by atoms with Gasteiger partial charge in [-0.3, -0.25) is 14.5 Å². The molecule has 1 spiro atoms. The first-order chi connectivity index (χ1) is 11.5. The minimum Gasteiger partial charge on any atom is -0.344 e. The van der Waals surface area contributed by atoms with Crippen molar-refractivity contribution in [2.24, 2.45) is 17.3 Å². The summed E-state index contributed by atoms with van der Waals surface area (Å²) in [4.78, 5) is 40.3. The zero-order valence-electron chi connectivity index (χ0n) is 16.5. The Morgan fingerprint density at radius 2 is 1.84 bits per heavy atom. The maximum Gasteiger partial charge on any atom is 0.325 e. The lowest BCUT2D eigenvalue weighted by atomic mass is 9.67. The van der Waals surface area contributed by atoms with Crippen LogP contribution in [0, 0.1) is 17.3 Å². The van der Waals surface area contributed by atoms with E-state index < -0.39 is 11.6 Å². The summed E-state index contributed by atoms with van der Waals surface area (Å²) < 4.78 is 0. The van der Waals surface area contributed by atoms with Crippen LogP contribution in [-0.4, -0.2) is 53.3 Å². The summed E-state index contributed by atoms with van der Waals surface area (Å²) in [6.45, 7) is 11.2. The van der Waals surface area contributed by atoms with Gasteiger partial charge in [-0.05, 0) is 42.9 Å². The van der Waals surface area contributed by atoms with Gasteiger partial charge in [-0.1, -0.05) is 34.6 Å². The highest BCUT2D eigenvalue weighted by Gasteiger charge is 2.53. The smallest absolute Gasteiger partial charge is 0.325 e. The SMILES string of the molecule is CC(C)CN(C)C(=O)CN1C(=O)NC2(CCC(C(C)(C)C)CC2)C1=O.